The number of aromatic nitrogens is 2. The number of rotatable bonds is 3. The van der Waals surface area contributed by atoms with Crippen molar-refractivity contribution < 1.29 is 0 Å². The number of nitrogens with one attached hydrogen (secondary N) is 2. The van der Waals surface area contributed by atoms with Crippen molar-refractivity contribution in [2.75, 3.05) is 5.32 Å². The second-order valence-electron chi connectivity index (χ2n) is 4.50. The molecule has 0 spiro atoms. The number of hydrogen-bond donors (Lipinski definition) is 2. The molecule has 1 aromatic carbocycles. The topological polar surface area (TPSA) is 57.8 Å². The smallest absolute Gasteiger partial charge is 0.256 e. The number of halogens is 1. The largest absolute Gasteiger partial charge is 0.377 e. The number of hydrogen-bond acceptors (Lipinski definition) is 3. The Labute approximate surface area is 116 Å². The van der Waals surface area contributed by atoms with Crippen LogP contribution in [0, 0.1) is 13.8 Å². The first-order chi connectivity index (χ1) is 8.99. The maximum Gasteiger partial charge on any atom is 0.256 e. The maximum absolute atomic E-state index is 12.0. The second-order valence-corrected chi connectivity index (χ2v) is 4.90. The van der Waals surface area contributed by atoms with Crippen LogP contribution >= 0.6 is 11.6 Å². The van der Waals surface area contributed by atoms with Crippen molar-refractivity contribution in [3.63, 3.8) is 0 Å². The molecule has 5 heteroatoms. The predicted octanol–water partition coefficient (Wildman–Crippen LogP) is 3.21. The lowest BCUT2D eigenvalue weighted by atomic mass is 10.1. The summed E-state index contributed by atoms with van der Waals surface area (Å²) in [5.74, 6) is 0.621. The van der Waals surface area contributed by atoms with Gasteiger partial charge in [0.25, 0.3) is 5.56 Å². The van der Waals surface area contributed by atoms with Gasteiger partial charge in [-0.05, 0) is 32.9 Å². The van der Waals surface area contributed by atoms with Gasteiger partial charge in [0.1, 0.15) is 5.82 Å². The fourth-order valence-corrected chi connectivity index (χ4v) is 2.32. The van der Waals surface area contributed by atoms with E-state index in [0.717, 1.165) is 11.4 Å². The SMILES string of the molecule is Cc1nc(C)c(C(C)Nc2ccccc2Cl)c(=O)[nH]1. The first kappa shape index (κ1) is 13.6. The van der Waals surface area contributed by atoms with Gasteiger partial charge in [0, 0.05) is 0 Å². The molecule has 0 saturated carbocycles. The number of H-pyrrole nitrogens is 1. The van der Waals surface area contributed by atoms with E-state index in [0.29, 0.717) is 16.4 Å². The van der Waals surface area contributed by atoms with Gasteiger partial charge in [0.2, 0.25) is 0 Å². The first-order valence-corrected chi connectivity index (χ1v) is 6.45. The van der Waals surface area contributed by atoms with Crippen LogP contribution in [-0.4, -0.2) is 9.97 Å². The van der Waals surface area contributed by atoms with Gasteiger partial charge in [-0.25, -0.2) is 4.98 Å². The van der Waals surface area contributed by atoms with Crippen molar-refractivity contribution in [1.82, 2.24) is 9.97 Å². The molecule has 1 heterocycles. The monoisotopic (exact) mass is 277 g/mol. The summed E-state index contributed by atoms with van der Waals surface area (Å²) >= 11 is 6.10. The molecule has 0 saturated heterocycles. The number of benzene rings is 1. The Balaban J connectivity index is 2.33. The van der Waals surface area contributed by atoms with Crippen molar-refractivity contribution in [2.45, 2.75) is 26.8 Å². The Morgan fingerprint density at radius 1 is 1.32 bits per heavy atom. The zero-order valence-corrected chi connectivity index (χ0v) is 11.9. The minimum atomic E-state index is -0.170. The summed E-state index contributed by atoms with van der Waals surface area (Å²) in [6, 6.07) is 7.27. The van der Waals surface area contributed by atoms with Crippen LogP contribution in [0.5, 0.6) is 0 Å². The summed E-state index contributed by atoms with van der Waals surface area (Å²) in [7, 11) is 0. The van der Waals surface area contributed by atoms with Crippen LogP contribution < -0.4 is 10.9 Å². The maximum atomic E-state index is 12.0. The number of anilines is 1. The molecule has 1 unspecified atom stereocenters. The van der Waals surface area contributed by atoms with E-state index < -0.39 is 0 Å². The summed E-state index contributed by atoms with van der Waals surface area (Å²) in [6.07, 6.45) is 0. The van der Waals surface area contributed by atoms with Crippen molar-refractivity contribution in [3.8, 4) is 0 Å². The van der Waals surface area contributed by atoms with Gasteiger partial charge in [-0.15, -0.1) is 0 Å². The molecule has 0 bridgehead atoms. The summed E-state index contributed by atoms with van der Waals surface area (Å²) < 4.78 is 0. The molecule has 0 radical (unpaired) electrons. The fraction of sp³-hybridized carbons (Fsp3) is 0.286. The van der Waals surface area contributed by atoms with Crippen LogP contribution in [0.25, 0.3) is 0 Å². The van der Waals surface area contributed by atoms with Crippen LogP contribution in [0.15, 0.2) is 29.1 Å². The third kappa shape index (κ3) is 2.96. The van der Waals surface area contributed by atoms with Crippen LogP contribution in [-0.2, 0) is 0 Å². The highest BCUT2D eigenvalue weighted by Gasteiger charge is 2.15. The van der Waals surface area contributed by atoms with E-state index in [-0.39, 0.29) is 11.6 Å². The molecule has 19 heavy (non-hydrogen) atoms. The molecular formula is C14H16ClN3O. The standard InChI is InChI=1S/C14H16ClN3O/c1-8-13(14(19)18-10(3)16-8)9(2)17-12-7-5-4-6-11(12)15/h4-7,9,17H,1-3H3,(H,16,18,19). The van der Waals surface area contributed by atoms with Crippen molar-refractivity contribution >= 4 is 17.3 Å². The second kappa shape index (κ2) is 5.45. The van der Waals surface area contributed by atoms with E-state index >= 15 is 0 Å². The quantitative estimate of drug-likeness (QED) is 0.906. The Morgan fingerprint density at radius 2 is 2.00 bits per heavy atom. The molecular weight excluding hydrogens is 262 g/mol. The van der Waals surface area contributed by atoms with Gasteiger partial charge < -0.3 is 10.3 Å². The summed E-state index contributed by atoms with van der Waals surface area (Å²) in [4.78, 5) is 19.0. The molecule has 2 N–H and O–H groups in total. The van der Waals surface area contributed by atoms with Crippen LogP contribution in [0.4, 0.5) is 5.69 Å². The van der Waals surface area contributed by atoms with Gasteiger partial charge in [0.05, 0.1) is 28.0 Å². The molecule has 0 amide bonds. The number of aryl methyl sites for hydroxylation is 2. The molecule has 0 aliphatic heterocycles. The Kier molecular flexibility index (Phi) is 3.90. The summed E-state index contributed by atoms with van der Waals surface area (Å²) in [6.45, 7) is 5.52. The molecule has 0 aliphatic rings. The highest BCUT2D eigenvalue weighted by atomic mass is 35.5. The first-order valence-electron chi connectivity index (χ1n) is 6.07. The van der Waals surface area contributed by atoms with Crippen molar-refractivity contribution in [1.29, 1.82) is 0 Å². The van der Waals surface area contributed by atoms with E-state index in [1.54, 1.807) is 13.0 Å². The van der Waals surface area contributed by atoms with Crippen LogP contribution in [0.1, 0.15) is 30.0 Å². The molecule has 2 rings (SSSR count). The van der Waals surface area contributed by atoms with Crippen LogP contribution in [0.3, 0.4) is 0 Å². The molecule has 100 valence electrons. The van der Waals surface area contributed by atoms with Gasteiger partial charge >= 0.3 is 0 Å². The highest BCUT2D eigenvalue weighted by Crippen LogP contribution is 2.25. The Morgan fingerprint density at radius 3 is 2.63 bits per heavy atom. The zero-order valence-electron chi connectivity index (χ0n) is 11.1. The lowest BCUT2D eigenvalue weighted by molar-refractivity contribution is 0.814. The lowest BCUT2D eigenvalue weighted by Crippen LogP contribution is -2.23. The molecule has 0 fully saturated rings. The Bertz CT molecular complexity index is 651. The van der Waals surface area contributed by atoms with E-state index in [9.17, 15) is 4.79 Å². The molecule has 2 aromatic rings. The van der Waals surface area contributed by atoms with E-state index in [4.69, 9.17) is 11.6 Å². The predicted molar refractivity (Wildman–Crippen MR) is 77.8 cm³/mol. The molecule has 0 aliphatic carbocycles. The molecule has 1 atom stereocenters. The number of para-hydroxylation sites is 1. The fourth-order valence-electron chi connectivity index (χ4n) is 2.13. The van der Waals surface area contributed by atoms with Crippen molar-refractivity contribution in [3.05, 3.63) is 56.7 Å². The van der Waals surface area contributed by atoms with E-state index in [1.807, 2.05) is 32.0 Å². The zero-order chi connectivity index (χ0) is 14.0. The van der Waals surface area contributed by atoms with Gasteiger partial charge in [-0.3, -0.25) is 4.79 Å². The highest BCUT2D eigenvalue weighted by molar-refractivity contribution is 6.33. The van der Waals surface area contributed by atoms with Gasteiger partial charge in [-0.1, -0.05) is 23.7 Å². The minimum Gasteiger partial charge on any atom is -0.377 e. The number of aromatic amines is 1. The van der Waals surface area contributed by atoms with Gasteiger partial charge in [-0.2, -0.15) is 0 Å². The lowest BCUT2D eigenvalue weighted by Gasteiger charge is -2.17. The summed E-state index contributed by atoms with van der Waals surface area (Å²) in [5, 5.41) is 3.86. The van der Waals surface area contributed by atoms with Gasteiger partial charge in [0.15, 0.2) is 0 Å². The third-order valence-corrected chi connectivity index (χ3v) is 3.27. The average molecular weight is 278 g/mol. The molecule has 1 aromatic heterocycles. The van der Waals surface area contributed by atoms with E-state index in [1.165, 1.54) is 0 Å². The summed E-state index contributed by atoms with van der Waals surface area (Å²) in [5.41, 5.74) is 2.05. The normalized spacial score (nSPS) is 12.2. The minimum absolute atomic E-state index is 0.114. The van der Waals surface area contributed by atoms with Crippen LogP contribution in [0.2, 0.25) is 5.02 Å². The van der Waals surface area contributed by atoms with E-state index in [2.05, 4.69) is 15.3 Å². The average Bonchev–Trinajstić information content (AvgIpc) is 2.30. The molecule has 4 nitrogen and oxygen atoms in total. The Hall–Kier alpha value is -1.81. The van der Waals surface area contributed by atoms with Crippen molar-refractivity contribution in [2.24, 2.45) is 0 Å². The number of nitrogens with zero attached hydrogens (tertiary/aromatic N) is 1. The third-order valence-electron chi connectivity index (χ3n) is 2.94.